The normalized spacial score (nSPS) is 16.3. The molecule has 0 bridgehead atoms. The Bertz CT molecular complexity index is 599. The fourth-order valence-corrected chi connectivity index (χ4v) is 3.38. The first-order valence-electron chi connectivity index (χ1n) is 8.66. The molecule has 1 amide bonds. The van der Waals surface area contributed by atoms with Crippen LogP contribution in [0.25, 0.3) is 0 Å². The van der Waals surface area contributed by atoms with Crippen molar-refractivity contribution in [2.45, 2.75) is 33.6 Å². The van der Waals surface area contributed by atoms with Gasteiger partial charge < -0.3 is 19.9 Å². The number of carboxylic acid groups (broad SMARTS) is 1. The highest BCUT2D eigenvalue weighted by molar-refractivity contribution is 5.78. The second-order valence-corrected chi connectivity index (χ2v) is 6.72. The molecule has 2 rings (SSSR count). The minimum atomic E-state index is -0.877. The SMILES string of the molecule is Cc1cc(C)c(OCC(=O)NCC(C(=O)O)C2CCOCC2)c(C)c1. The van der Waals surface area contributed by atoms with Gasteiger partial charge in [0.2, 0.25) is 0 Å². The van der Waals surface area contributed by atoms with Gasteiger partial charge >= 0.3 is 5.97 Å². The third-order valence-corrected chi connectivity index (χ3v) is 4.62. The molecule has 0 spiro atoms. The Labute approximate surface area is 148 Å². The van der Waals surface area contributed by atoms with E-state index in [0.29, 0.717) is 31.8 Å². The summed E-state index contributed by atoms with van der Waals surface area (Å²) in [6.45, 7) is 7.06. The molecule has 1 aliphatic rings. The molecular formula is C19H27NO5. The van der Waals surface area contributed by atoms with Crippen LogP contribution in [0.15, 0.2) is 12.1 Å². The van der Waals surface area contributed by atoms with Crippen LogP contribution in [-0.2, 0) is 14.3 Å². The molecule has 1 aliphatic heterocycles. The van der Waals surface area contributed by atoms with Crippen molar-refractivity contribution in [1.29, 1.82) is 0 Å². The van der Waals surface area contributed by atoms with Gasteiger partial charge in [-0.3, -0.25) is 9.59 Å². The number of rotatable bonds is 7. The molecule has 0 saturated carbocycles. The highest BCUT2D eigenvalue weighted by Gasteiger charge is 2.30. The van der Waals surface area contributed by atoms with E-state index < -0.39 is 11.9 Å². The molecule has 0 aromatic heterocycles. The van der Waals surface area contributed by atoms with Gasteiger partial charge in [-0.05, 0) is 50.7 Å². The van der Waals surface area contributed by atoms with Gasteiger partial charge in [0.1, 0.15) is 5.75 Å². The maximum atomic E-state index is 12.1. The molecule has 1 aromatic rings. The Morgan fingerprint density at radius 2 is 1.84 bits per heavy atom. The summed E-state index contributed by atoms with van der Waals surface area (Å²) in [6.07, 6.45) is 1.43. The lowest BCUT2D eigenvalue weighted by atomic mass is 9.86. The second-order valence-electron chi connectivity index (χ2n) is 6.72. The smallest absolute Gasteiger partial charge is 0.308 e. The average molecular weight is 349 g/mol. The highest BCUT2D eigenvalue weighted by Crippen LogP contribution is 2.25. The van der Waals surface area contributed by atoms with Gasteiger partial charge in [-0.1, -0.05) is 17.7 Å². The first-order chi connectivity index (χ1) is 11.9. The summed E-state index contributed by atoms with van der Waals surface area (Å²) >= 11 is 0. The highest BCUT2D eigenvalue weighted by atomic mass is 16.5. The molecule has 0 radical (unpaired) electrons. The Morgan fingerprint density at radius 1 is 1.24 bits per heavy atom. The standard InChI is InChI=1S/C19H27NO5/c1-12-8-13(2)18(14(3)9-12)25-11-17(21)20-10-16(19(22)23)15-4-6-24-7-5-15/h8-9,15-16H,4-7,10-11H2,1-3H3,(H,20,21)(H,22,23). The minimum absolute atomic E-state index is 0.0362. The van der Waals surface area contributed by atoms with Crippen LogP contribution < -0.4 is 10.1 Å². The van der Waals surface area contributed by atoms with E-state index >= 15 is 0 Å². The molecular weight excluding hydrogens is 322 g/mol. The number of benzene rings is 1. The van der Waals surface area contributed by atoms with Crippen molar-refractivity contribution in [3.05, 3.63) is 28.8 Å². The van der Waals surface area contributed by atoms with Crippen molar-refractivity contribution in [2.24, 2.45) is 11.8 Å². The molecule has 1 atom stereocenters. The van der Waals surface area contributed by atoms with Gasteiger partial charge in [0.25, 0.3) is 5.91 Å². The lowest BCUT2D eigenvalue weighted by molar-refractivity contribution is -0.145. The quantitative estimate of drug-likeness (QED) is 0.788. The fraction of sp³-hybridized carbons (Fsp3) is 0.579. The number of amides is 1. The lowest BCUT2D eigenvalue weighted by Gasteiger charge is -2.27. The molecule has 2 N–H and O–H groups in total. The number of ether oxygens (including phenoxy) is 2. The molecule has 1 heterocycles. The second kappa shape index (κ2) is 8.85. The van der Waals surface area contributed by atoms with Gasteiger partial charge in [-0.25, -0.2) is 0 Å². The van der Waals surface area contributed by atoms with E-state index in [9.17, 15) is 14.7 Å². The van der Waals surface area contributed by atoms with E-state index in [1.807, 2.05) is 32.9 Å². The maximum absolute atomic E-state index is 12.1. The van der Waals surface area contributed by atoms with E-state index in [4.69, 9.17) is 9.47 Å². The van der Waals surface area contributed by atoms with Gasteiger partial charge in [0.05, 0.1) is 5.92 Å². The summed E-state index contributed by atoms with van der Waals surface area (Å²) in [6, 6.07) is 4.01. The van der Waals surface area contributed by atoms with Gasteiger partial charge in [-0.15, -0.1) is 0 Å². The fourth-order valence-electron chi connectivity index (χ4n) is 3.38. The summed E-state index contributed by atoms with van der Waals surface area (Å²) in [7, 11) is 0. The third kappa shape index (κ3) is 5.46. The van der Waals surface area contributed by atoms with Crippen LogP contribution in [0.2, 0.25) is 0 Å². The van der Waals surface area contributed by atoms with Crippen LogP contribution in [0.3, 0.4) is 0 Å². The van der Waals surface area contributed by atoms with Crippen molar-refractivity contribution in [2.75, 3.05) is 26.4 Å². The number of carboxylic acids is 1. The summed E-state index contributed by atoms with van der Waals surface area (Å²) in [5.41, 5.74) is 3.11. The monoisotopic (exact) mass is 349 g/mol. The summed E-state index contributed by atoms with van der Waals surface area (Å²) in [4.78, 5) is 23.6. The van der Waals surface area contributed by atoms with Crippen LogP contribution in [0.1, 0.15) is 29.5 Å². The number of carbonyl (C=O) groups excluding carboxylic acids is 1. The van der Waals surface area contributed by atoms with Crippen molar-refractivity contribution in [1.82, 2.24) is 5.32 Å². The average Bonchev–Trinajstić information content (AvgIpc) is 2.54. The van der Waals surface area contributed by atoms with Gasteiger partial charge in [-0.2, -0.15) is 0 Å². The van der Waals surface area contributed by atoms with Crippen LogP contribution in [0.4, 0.5) is 0 Å². The zero-order valence-corrected chi connectivity index (χ0v) is 15.1. The van der Waals surface area contributed by atoms with Crippen molar-refractivity contribution in [3.8, 4) is 5.75 Å². The molecule has 138 valence electrons. The molecule has 6 nitrogen and oxygen atoms in total. The largest absolute Gasteiger partial charge is 0.483 e. The van der Waals surface area contributed by atoms with Crippen LogP contribution in [0, 0.1) is 32.6 Å². The third-order valence-electron chi connectivity index (χ3n) is 4.62. The Morgan fingerprint density at radius 3 is 2.40 bits per heavy atom. The number of nitrogens with one attached hydrogen (secondary N) is 1. The van der Waals surface area contributed by atoms with Gasteiger partial charge in [0.15, 0.2) is 6.61 Å². The topological polar surface area (TPSA) is 84.9 Å². The Hall–Kier alpha value is -2.08. The van der Waals surface area contributed by atoms with E-state index in [1.165, 1.54) is 0 Å². The Balaban J connectivity index is 1.86. The van der Waals surface area contributed by atoms with Crippen molar-refractivity contribution >= 4 is 11.9 Å². The predicted octanol–water partition coefficient (Wildman–Crippen LogP) is 2.23. The summed E-state index contributed by atoms with van der Waals surface area (Å²) in [5, 5.41) is 12.1. The van der Waals surface area contributed by atoms with Crippen molar-refractivity contribution in [3.63, 3.8) is 0 Å². The molecule has 1 fully saturated rings. The minimum Gasteiger partial charge on any atom is -0.483 e. The predicted molar refractivity (Wildman–Crippen MR) is 93.8 cm³/mol. The van der Waals surface area contributed by atoms with E-state index in [-0.39, 0.29) is 25.0 Å². The maximum Gasteiger partial charge on any atom is 0.308 e. The number of carbonyl (C=O) groups is 2. The van der Waals surface area contributed by atoms with E-state index in [0.717, 1.165) is 16.7 Å². The van der Waals surface area contributed by atoms with Gasteiger partial charge in [0, 0.05) is 19.8 Å². The number of aliphatic carboxylic acids is 1. The number of aryl methyl sites for hydroxylation is 3. The lowest BCUT2D eigenvalue weighted by Crippen LogP contribution is -2.40. The molecule has 1 aromatic carbocycles. The zero-order chi connectivity index (χ0) is 18.4. The first kappa shape index (κ1) is 19.2. The summed E-state index contributed by atoms with van der Waals surface area (Å²) in [5.74, 6) is -1.03. The van der Waals surface area contributed by atoms with Crippen LogP contribution in [-0.4, -0.2) is 43.3 Å². The number of hydrogen-bond acceptors (Lipinski definition) is 4. The number of hydrogen-bond donors (Lipinski definition) is 2. The molecule has 6 heteroatoms. The van der Waals surface area contributed by atoms with Crippen LogP contribution >= 0.6 is 0 Å². The summed E-state index contributed by atoms with van der Waals surface area (Å²) < 4.78 is 10.9. The first-order valence-corrected chi connectivity index (χ1v) is 8.66. The van der Waals surface area contributed by atoms with Crippen LogP contribution in [0.5, 0.6) is 5.75 Å². The zero-order valence-electron chi connectivity index (χ0n) is 15.1. The molecule has 25 heavy (non-hydrogen) atoms. The molecule has 0 aliphatic carbocycles. The van der Waals surface area contributed by atoms with Crippen molar-refractivity contribution < 1.29 is 24.2 Å². The van der Waals surface area contributed by atoms with E-state index in [1.54, 1.807) is 0 Å². The van der Waals surface area contributed by atoms with E-state index in [2.05, 4.69) is 5.32 Å². The molecule has 1 saturated heterocycles. The molecule has 1 unspecified atom stereocenters. The Kier molecular flexibility index (Phi) is 6.82.